The SMILES string of the molecule is C=C(C)OCc1cccc(F)c1/C(CC1(C)CCCC1)=N/O. The Hall–Kier alpha value is -1.84. The molecule has 1 aliphatic rings. The fourth-order valence-electron chi connectivity index (χ4n) is 3.20. The molecule has 1 fully saturated rings. The number of ether oxygens (including phenoxy) is 1. The smallest absolute Gasteiger partial charge is 0.132 e. The molecule has 1 aromatic rings. The summed E-state index contributed by atoms with van der Waals surface area (Å²) in [6, 6.07) is 4.83. The van der Waals surface area contributed by atoms with Crippen molar-refractivity contribution in [3.63, 3.8) is 0 Å². The molecule has 4 heteroatoms. The van der Waals surface area contributed by atoms with Crippen molar-refractivity contribution in [2.75, 3.05) is 0 Å². The minimum atomic E-state index is -0.378. The zero-order valence-electron chi connectivity index (χ0n) is 13.4. The minimum absolute atomic E-state index is 0.0797. The monoisotopic (exact) mass is 305 g/mol. The van der Waals surface area contributed by atoms with Gasteiger partial charge in [0.05, 0.1) is 11.5 Å². The molecule has 1 saturated carbocycles. The van der Waals surface area contributed by atoms with Crippen LogP contribution in [0.4, 0.5) is 4.39 Å². The molecule has 0 spiro atoms. The normalized spacial score (nSPS) is 17.5. The van der Waals surface area contributed by atoms with Crippen molar-refractivity contribution < 1.29 is 14.3 Å². The van der Waals surface area contributed by atoms with Gasteiger partial charge in [0, 0.05) is 11.1 Å². The van der Waals surface area contributed by atoms with E-state index in [2.05, 4.69) is 18.7 Å². The summed E-state index contributed by atoms with van der Waals surface area (Å²) in [5, 5.41) is 12.9. The van der Waals surface area contributed by atoms with E-state index in [1.807, 2.05) is 0 Å². The maximum Gasteiger partial charge on any atom is 0.132 e. The quantitative estimate of drug-likeness (QED) is 0.347. The maximum absolute atomic E-state index is 14.3. The maximum atomic E-state index is 14.3. The number of rotatable bonds is 6. The van der Waals surface area contributed by atoms with Crippen molar-refractivity contribution in [2.24, 2.45) is 10.6 Å². The lowest BCUT2D eigenvalue weighted by atomic mass is 9.81. The molecule has 0 amide bonds. The minimum Gasteiger partial charge on any atom is -0.494 e. The van der Waals surface area contributed by atoms with Crippen molar-refractivity contribution in [3.8, 4) is 0 Å². The van der Waals surface area contributed by atoms with Crippen LogP contribution in [-0.4, -0.2) is 10.9 Å². The zero-order chi connectivity index (χ0) is 16.2. The first kappa shape index (κ1) is 16.5. The van der Waals surface area contributed by atoms with E-state index in [4.69, 9.17) is 4.74 Å². The van der Waals surface area contributed by atoms with Gasteiger partial charge in [-0.3, -0.25) is 0 Å². The van der Waals surface area contributed by atoms with Gasteiger partial charge in [-0.2, -0.15) is 0 Å². The number of hydrogen-bond acceptors (Lipinski definition) is 3. The van der Waals surface area contributed by atoms with E-state index in [0.29, 0.717) is 29.0 Å². The summed E-state index contributed by atoms with van der Waals surface area (Å²) in [5.74, 6) is 0.192. The van der Waals surface area contributed by atoms with Gasteiger partial charge in [0.2, 0.25) is 0 Å². The van der Waals surface area contributed by atoms with Crippen LogP contribution in [-0.2, 0) is 11.3 Å². The first-order valence-electron chi connectivity index (χ1n) is 7.72. The van der Waals surface area contributed by atoms with E-state index >= 15 is 0 Å². The van der Waals surface area contributed by atoms with Crippen molar-refractivity contribution in [3.05, 3.63) is 47.5 Å². The van der Waals surface area contributed by atoms with Crippen molar-refractivity contribution in [1.29, 1.82) is 0 Å². The predicted octanol–water partition coefficient (Wildman–Crippen LogP) is 5.02. The summed E-state index contributed by atoms with van der Waals surface area (Å²) in [6.07, 6.45) is 5.09. The lowest BCUT2D eigenvalue weighted by Gasteiger charge is -2.24. The largest absolute Gasteiger partial charge is 0.494 e. The molecule has 120 valence electrons. The van der Waals surface area contributed by atoms with Crippen LogP contribution in [0, 0.1) is 11.2 Å². The Balaban J connectivity index is 2.29. The topological polar surface area (TPSA) is 41.8 Å². The van der Waals surface area contributed by atoms with Crippen LogP contribution in [0.2, 0.25) is 0 Å². The van der Waals surface area contributed by atoms with Crippen molar-refractivity contribution in [1.82, 2.24) is 0 Å². The Morgan fingerprint density at radius 1 is 1.41 bits per heavy atom. The summed E-state index contributed by atoms with van der Waals surface area (Å²) in [7, 11) is 0. The molecule has 0 aromatic heterocycles. The Labute approximate surface area is 131 Å². The number of oxime groups is 1. The van der Waals surface area contributed by atoms with E-state index in [1.54, 1.807) is 19.1 Å². The second-order valence-corrected chi connectivity index (χ2v) is 6.51. The average Bonchev–Trinajstić information content (AvgIpc) is 2.90. The van der Waals surface area contributed by atoms with Gasteiger partial charge >= 0.3 is 0 Å². The van der Waals surface area contributed by atoms with E-state index in [0.717, 1.165) is 12.8 Å². The van der Waals surface area contributed by atoms with Crippen LogP contribution in [0.5, 0.6) is 0 Å². The Morgan fingerprint density at radius 3 is 2.68 bits per heavy atom. The summed E-state index contributed by atoms with van der Waals surface area (Å²) in [6.45, 7) is 7.83. The third-order valence-electron chi connectivity index (χ3n) is 4.39. The molecule has 0 unspecified atom stereocenters. The van der Waals surface area contributed by atoms with Crippen LogP contribution < -0.4 is 0 Å². The second-order valence-electron chi connectivity index (χ2n) is 6.51. The summed E-state index contributed by atoms with van der Waals surface area (Å²) in [4.78, 5) is 0. The third-order valence-corrected chi connectivity index (χ3v) is 4.39. The number of allylic oxidation sites excluding steroid dienone is 1. The van der Waals surface area contributed by atoms with Gasteiger partial charge in [-0.25, -0.2) is 4.39 Å². The molecule has 0 atom stereocenters. The van der Waals surface area contributed by atoms with E-state index < -0.39 is 0 Å². The van der Waals surface area contributed by atoms with Crippen LogP contribution in [0.1, 0.15) is 57.1 Å². The zero-order valence-corrected chi connectivity index (χ0v) is 13.4. The second kappa shape index (κ2) is 6.95. The lowest BCUT2D eigenvalue weighted by Crippen LogP contribution is -2.20. The molecule has 0 heterocycles. The highest BCUT2D eigenvalue weighted by molar-refractivity contribution is 6.02. The summed E-state index contributed by atoms with van der Waals surface area (Å²) >= 11 is 0. The molecular formula is C18H24FNO2. The van der Waals surface area contributed by atoms with Gasteiger partial charge in [0.15, 0.2) is 0 Å². The van der Waals surface area contributed by atoms with E-state index in [1.165, 1.54) is 18.9 Å². The molecule has 0 aliphatic heterocycles. The van der Waals surface area contributed by atoms with Gasteiger partial charge in [-0.1, -0.05) is 43.6 Å². The van der Waals surface area contributed by atoms with Gasteiger partial charge in [-0.05, 0) is 37.7 Å². The van der Waals surface area contributed by atoms with Crippen LogP contribution in [0.25, 0.3) is 0 Å². The van der Waals surface area contributed by atoms with Crippen LogP contribution in [0.3, 0.4) is 0 Å². The fraction of sp³-hybridized carbons (Fsp3) is 0.500. The Morgan fingerprint density at radius 2 is 2.09 bits per heavy atom. The predicted molar refractivity (Wildman–Crippen MR) is 85.5 cm³/mol. The Bertz CT molecular complexity index is 574. The first-order valence-corrected chi connectivity index (χ1v) is 7.72. The highest BCUT2D eigenvalue weighted by atomic mass is 19.1. The number of hydrogen-bond donors (Lipinski definition) is 1. The van der Waals surface area contributed by atoms with Crippen molar-refractivity contribution in [2.45, 2.75) is 52.6 Å². The molecule has 22 heavy (non-hydrogen) atoms. The van der Waals surface area contributed by atoms with Crippen LogP contribution >= 0.6 is 0 Å². The highest BCUT2D eigenvalue weighted by Crippen LogP contribution is 2.41. The molecular weight excluding hydrogens is 281 g/mol. The van der Waals surface area contributed by atoms with Crippen LogP contribution in [0.15, 0.2) is 35.7 Å². The first-order chi connectivity index (χ1) is 10.4. The number of benzene rings is 1. The Kier molecular flexibility index (Phi) is 5.22. The van der Waals surface area contributed by atoms with Crippen molar-refractivity contribution >= 4 is 5.71 Å². The molecule has 0 radical (unpaired) electrons. The number of nitrogens with zero attached hydrogens (tertiary/aromatic N) is 1. The molecule has 2 rings (SSSR count). The summed E-state index contributed by atoms with van der Waals surface area (Å²) < 4.78 is 19.8. The molecule has 3 nitrogen and oxygen atoms in total. The number of halogens is 1. The highest BCUT2D eigenvalue weighted by Gasteiger charge is 2.32. The van der Waals surface area contributed by atoms with Gasteiger partial charge < -0.3 is 9.94 Å². The fourth-order valence-corrected chi connectivity index (χ4v) is 3.20. The van der Waals surface area contributed by atoms with E-state index in [-0.39, 0.29) is 17.8 Å². The van der Waals surface area contributed by atoms with Gasteiger partial charge in [0.1, 0.15) is 12.4 Å². The van der Waals surface area contributed by atoms with Gasteiger partial charge in [-0.15, -0.1) is 0 Å². The molecule has 0 bridgehead atoms. The molecule has 1 aliphatic carbocycles. The lowest BCUT2D eigenvalue weighted by molar-refractivity contribution is 0.201. The standard InChI is InChI=1S/C18H24FNO2/c1-13(2)22-12-14-7-6-8-15(19)17(14)16(20-21)11-18(3)9-4-5-10-18/h6-8,21H,1,4-5,9-12H2,2-3H3/b20-16+. The summed E-state index contributed by atoms with van der Waals surface area (Å²) in [5.41, 5.74) is 1.52. The average molecular weight is 305 g/mol. The molecule has 0 saturated heterocycles. The van der Waals surface area contributed by atoms with Gasteiger partial charge in [0.25, 0.3) is 0 Å². The third kappa shape index (κ3) is 3.87. The molecule has 1 N–H and O–H groups in total. The molecule has 1 aromatic carbocycles. The van der Waals surface area contributed by atoms with E-state index in [9.17, 15) is 9.60 Å².